The maximum atomic E-state index is 11.2. The number of fused-ring (bicyclic) bond motifs is 1. The number of carbonyl (C=O) groups is 1. The number of carboxylic acid groups (broad SMARTS) is 1. The average Bonchev–Trinajstić information content (AvgIpc) is 3.07. The molecule has 4 rings (SSSR count). The Balaban J connectivity index is 1.35. The van der Waals surface area contributed by atoms with E-state index < -0.39 is 5.97 Å². The van der Waals surface area contributed by atoms with E-state index in [0.29, 0.717) is 5.65 Å². The number of benzene rings is 1. The highest BCUT2D eigenvalue weighted by molar-refractivity contribution is 5.93. The third kappa shape index (κ3) is 3.99. The number of hydrogen-bond donors (Lipinski definition) is 1. The van der Waals surface area contributed by atoms with Gasteiger partial charge in [-0.3, -0.25) is 9.80 Å². The van der Waals surface area contributed by atoms with Crippen molar-refractivity contribution in [1.29, 1.82) is 0 Å². The summed E-state index contributed by atoms with van der Waals surface area (Å²) in [6, 6.07) is 8.69. The summed E-state index contributed by atoms with van der Waals surface area (Å²) in [6.07, 6.45) is 4.97. The second-order valence-electron chi connectivity index (χ2n) is 7.14. The average molecular weight is 365 g/mol. The standard InChI is InChI=1S/C20H23N5O2/c1-15-3-2-4-16(9-15)12-23-5-7-24(8-6-23)13-17-10-21-19-18(20(26)27)11-22-25(19)14-17/h2-4,9-11,14H,5-8,12-13H2,1H3,(H,26,27). The van der Waals surface area contributed by atoms with Gasteiger partial charge < -0.3 is 5.11 Å². The molecule has 1 aromatic carbocycles. The van der Waals surface area contributed by atoms with E-state index in [9.17, 15) is 4.79 Å². The molecule has 7 heteroatoms. The van der Waals surface area contributed by atoms with Crippen molar-refractivity contribution in [2.45, 2.75) is 20.0 Å². The first-order valence-electron chi connectivity index (χ1n) is 9.14. The Morgan fingerprint density at radius 3 is 2.44 bits per heavy atom. The third-order valence-corrected chi connectivity index (χ3v) is 5.00. The minimum Gasteiger partial charge on any atom is -0.477 e. The molecule has 0 bridgehead atoms. The van der Waals surface area contributed by atoms with E-state index >= 15 is 0 Å². The summed E-state index contributed by atoms with van der Waals surface area (Å²) in [7, 11) is 0. The van der Waals surface area contributed by atoms with Gasteiger partial charge in [-0.25, -0.2) is 14.3 Å². The second-order valence-corrected chi connectivity index (χ2v) is 7.14. The Labute approximate surface area is 157 Å². The largest absolute Gasteiger partial charge is 0.477 e. The summed E-state index contributed by atoms with van der Waals surface area (Å²) < 4.78 is 1.55. The van der Waals surface area contributed by atoms with Gasteiger partial charge in [0, 0.05) is 57.2 Å². The van der Waals surface area contributed by atoms with E-state index in [-0.39, 0.29) is 5.56 Å². The molecule has 0 unspecified atom stereocenters. The quantitative estimate of drug-likeness (QED) is 0.746. The lowest BCUT2D eigenvalue weighted by molar-refractivity contribution is 0.0698. The smallest absolute Gasteiger partial charge is 0.341 e. The van der Waals surface area contributed by atoms with E-state index in [1.807, 2.05) is 6.20 Å². The molecule has 2 aromatic heterocycles. The minimum absolute atomic E-state index is 0.131. The highest BCUT2D eigenvalue weighted by Crippen LogP contribution is 2.14. The van der Waals surface area contributed by atoms with Crippen LogP contribution in [0, 0.1) is 6.92 Å². The zero-order valence-electron chi connectivity index (χ0n) is 15.4. The lowest BCUT2D eigenvalue weighted by Crippen LogP contribution is -2.45. The lowest BCUT2D eigenvalue weighted by Gasteiger charge is -2.34. The van der Waals surface area contributed by atoms with E-state index in [1.165, 1.54) is 17.3 Å². The fourth-order valence-corrected chi connectivity index (χ4v) is 3.58. The fourth-order valence-electron chi connectivity index (χ4n) is 3.58. The molecule has 0 atom stereocenters. The van der Waals surface area contributed by atoms with Gasteiger partial charge in [0.25, 0.3) is 0 Å². The Morgan fingerprint density at radius 1 is 1.07 bits per heavy atom. The Hall–Kier alpha value is -2.77. The van der Waals surface area contributed by atoms with Gasteiger partial charge >= 0.3 is 5.97 Å². The number of aromatic carboxylic acids is 1. The topological polar surface area (TPSA) is 74.0 Å². The van der Waals surface area contributed by atoms with Crippen LogP contribution in [0.5, 0.6) is 0 Å². The molecule has 1 aliphatic heterocycles. The van der Waals surface area contributed by atoms with Crippen molar-refractivity contribution >= 4 is 11.6 Å². The summed E-state index contributed by atoms with van der Waals surface area (Å²) in [5.74, 6) is -1.00. The number of aryl methyl sites for hydroxylation is 1. The van der Waals surface area contributed by atoms with Gasteiger partial charge in [-0.2, -0.15) is 5.10 Å². The molecule has 0 saturated carbocycles. The van der Waals surface area contributed by atoms with Crippen LogP contribution >= 0.6 is 0 Å². The van der Waals surface area contributed by atoms with Crippen molar-refractivity contribution < 1.29 is 9.90 Å². The van der Waals surface area contributed by atoms with E-state index in [4.69, 9.17) is 5.11 Å². The number of piperazine rings is 1. The first-order chi connectivity index (χ1) is 13.1. The van der Waals surface area contributed by atoms with Gasteiger partial charge in [0.2, 0.25) is 0 Å². The van der Waals surface area contributed by atoms with E-state index in [1.54, 1.807) is 10.7 Å². The molecule has 140 valence electrons. The van der Waals surface area contributed by atoms with Crippen LogP contribution < -0.4 is 0 Å². The van der Waals surface area contributed by atoms with Gasteiger partial charge in [0.05, 0.1) is 6.20 Å². The predicted molar refractivity (Wildman–Crippen MR) is 102 cm³/mol. The summed E-state index contributed by atoms with van der Waals surface area (Å²) >= 11 is 0. The van der Waals surface area contributed by atoms with Crippen molar-refractivity contribution in [3.8, 4) is 0 Å². The molecular formula is C20H23N5O2. The van der Waals surface area contributed by atoms with Crippen molar-refractivity contribution in [1.82, 2.24) is 24.4 Å². The van der Waals surface area contributed by atoms with Gasteiger partial charge in [0.1, 0.15) is 5.56 Å². The van der Waals surface area contributed by atoms with Crippen LogP contribution in [0.4, 0.5) is 0 Å². The van der Waals surface area contributed by atoms with Crippen molar-refractivity contribution in [2.24, 2.45) is 0 Å². The maximum Gasteiger partial charge on any atom is 0.341 e. The molecule has 1 aliphatic rings. The number of hydrogen-bond acceptors (Lipinski definition) is 5. The highest BCUT2D eigenvalue weighted by Gasteiger charge is 2.18. The lowest BCUT2D eigenvalue weighted by atomic mass is 10.1. The van der Waals surface area contributed by atoms with Crippen molar-refractivity contribution in [3.05, 3.63) is 65.1 Å². The summed E-state index contributed by atoms with van der Waals surface area (Å²) in [4.78, 5) is 20.3. The highest BCUT2D eigenvalue weighted by atomic mass is 16.4. The molecular weight excluding hydrogens is 342 g/mol. The molecule has 0 aliphatic carbocycles. The molecule has 1 fully saturated rings. The van der Waals surface area contributed by atoms with E-state index in [2.05, 4.69) is 51.1 Å². The van der Waals surface area contributed by atoms with Crippen LogP contribution in [0.2, 0.25) is 0 Å². The molecule has 1 N–H and O–H groups in total. The monoisotopic (exact) mass is 365 g/mol. The number of rotatable bonds is 5. The summed E-state index contributed by atoms with van der Waals surface area (Å²) in [5.41, 5.74) is 4.22. The molecule has 1 saturated heterocycles. The molecule has 27 heavy (non-hydrogen) atoms. The molecule has 0 amide bonds. The first-order valence-corrected chi connectivity index (χ1v) is 9.14. The van der Waals surface area contributed by atoms with Gasteiger partial charge in [-0.15, -0.1) is 0 Å². The number of aromatic nitrogens is 3. The summed E-state index contributed by atoms with van der Waals surface area (Å²) in [6.45, 7) is 8.00. The van der Waals surface area contributed by atoms with Crippen LogP contribution in [0.3, 0.4) is 0 Å². The Morgan fingerprint density at radius 2 is 1.78 bits per heavy atom. The van der Waals surface area contributed by atoms with Crippen LogP contribution in [-0.4, -0.2) is 61.7 Å². The van der Waals surface area contributed by atoms with Crippen LogP contribution in [-0.2, 0) is 13.1 Å². The van der Waals surface area contributed by atoms with Gasteiger partial charge in [-0.05, 0) is 12.5 Å². The van der Waals surface area contributed by atoms with Gasteiger partial charge in [0.15, 0.2) is 5.65 Å². The third-order valence-electron chi connectivity index (χ3n) is 5.00. The van der Waals surface area contributed by atoms with Crippen LogP contribution in [0.1, 0.15) is 27.0 Å². The maximum absolute atomic E-state index is 11.2. The molecule has 3 heterocycles. The predicted octanol–water partition coefficient (Wildman–Crippen LogP) is 2.05. The van der Waals surface area contributed by atoms with Crippen LogP contribution in [0.25, 0.3) is 5.65 Å². The zero-order chi connectivity index (χ0) is 18.8. The molecule has 7 nitrogen and oxygen atoms in total. The normalized spacial score (nSPS) is 16.0. The van der Waals surface area contributed by atoms with E-state index in [0.717, 1.165) is 44.8 Å². The van der Waals surface area contributed by atoms with Crippen molar-refractivity contribution in [3.63, 3.8) is 0 Å². The number of nitrogens with zero attached hydrogens (tertiary/aromatic N) is 5. The zero-order valence-corrected chi connectivity index (χ0v) is 15.4. The Bertz CT molecular complexity index is 960. The molecule has 0 spiro atoms. The van der Waals surface area contributed by atoms with Gasteiger partial charge in [-0.1, -0.05) is 29.8 Å². The first kappa shape index (κ1) is 17.6. The SMILES string of the molecule is Cc1cccc(CN2CCN(Cc3cnc4c(C(=O)O)cnn4c3)CC2)c1. The molecule has 3 aromatic rings. The fraction of sp³-hybridized carbons (Fsp3) is 0.350. The minimum atomic E-state index is -1.00. The van der Waals surface area contributed by atoms with Crippen LogP contribution in [0.15, 0.2) is 42.9 Å². The second kappa shape index (κ2) is 7.46. The number of carboxylic acids is 1. The summed E-state index contributed by atoms with van der Waals surface area (Å²) in [5, 5.41) is 13.2. The van der Waals surface area contributed by atoms with Crippen molar-refractivity contribution in [2.75, 3.05) is 26.2 Å². The Kier molecular flexibility index (Phi) is 4.87. The molecule has 0 radical (unpaired) electrons.